The first-order chi connectivity index (χ1) is 21.2. The lowest BCUT2D eigenvalue weighted by Gasteiger charge is -2.11. The van der Waals surface area contributed by atoms with Crippen molar-refractivity contribution in [2.75, 3.05) is 0 Å². The van der Waals surface area contributed by atoms with E-state index in [1.54, 1.807) is 0 Å². The van der Waals surface area contributed by atoms with Crippen LogP contribution in [0.5, 0.6) is 0 Å². The summed E-state index contributed by atoms with van der Waals surface area (Å²) in [7, 11) is 0. The van der Waals surface area contributed by atoms with Crippen LogP contribution in [0.25, 0.3) is 75.4 Å². The second kappa shape index (κ2) is 8.77. The lowest BCUT2D eigenvalue weighted by Crippen LogP contribution is -2.03. The molecule has 4 aromatic heterocycles. The highest BCUT2D eigenvalue weighted by atomic mass is 32.1. The van der Waals surface area contributed by atoms with Crippen LogP contribution in [0, 0.1) is 22.7 Å². The highest BCUT2D eigenvalue weighted by Crippen LogP contribution is 2.43. The molecule has 0 atom stereocenters. The van der Waals surface area contributed by atoms with Gasteiger partial charge in [-0.2, -0.15) is 10.5 Å². The molecule has 0 saturated heterocycles. The van der Waals surface area contributed by atoms with Crippen LogP contribution in [0.1, 0.15) is 11.1 Å². The van der Waals surface area contributed by atoms with E-state index < -0.39 is 0 Å². The summed E-state index contributed by atoms with van der Waals surface area (Å²) in [6.07, 6.45) is 0. The molecule has 6 heteroatoms. The van der Waals surface area contributed by atoms with E-state index in [2.05, 4.69) is 88.0 Å². The van der Waals surface area contributed by atoms with Crippen LogP contribution >= 0.6 is 11.3 Å². The number of pyridine rings is 1. The topological polar surface area (TPSA) is 70.3 Å². The Balaban J connectivity index is 1.36. The molecule has 0 saturated carbocycles. The molecule has 0 radical (unpaired) electrons. The average Bonchev–Trinajstić information content (AvgIpc) is 3.71. The number of aromatic nitrogens is 3. The summed E-state index contributed by atoms with van der Waals surface area (Å²) in [5.41, 5.74) is 5.23. The highest BCUT2D eigenvalue weighted by Gasteiger charge is 2.19. The number of thiophene rings is 1. The molecule has 9 aromatic rings. The fraction of sp³-hybridized carbons (Fsp3) is 0. The molecule has 0 spiro atoms. The average molecular weight is 566 g/mol. The molecule has 5 aromatic carbocycles. The third kappa shape index (κ3) is 3.27. The molecule has 0 bridgehead atoms. The summed E-state index contributed by atoms with van der Waals surface area (Å²) in [6.45, 7) is 0. The summed E-state index contributed by atoms with van der Waals surface area (Å²) in [5, 5.41) is 26.0. The van der Waals surface area contributed by atoms with Gasteiger partial charge in [-0.05, 0) is 72.8 Å². The molecule has 0 N–H and O–H groups in total. The molecule has 9 rings (SSSR count). The van der Waals surface area contributed by atoms with E-state index in [-0.39, 0.29) is 0 Å². The maximum atomic E-state index is 9.60. The van der Waals surface area contributed by atoms with Gasteiger partial charge in [0, 0.05) is 41.7 Å². The smallest absolute Gasteiger partial charge is 0.140 e. The second-order valence-electron chi connectivity index (χ2n) is 10.7. The Bertz CT molecular complexity index is 2640. The Labute approximate surface area is 249 Å². The van der Waals surface area contributed by atoms with Crippen molar-refractivity contribution in [2.45, 2.75) is 0 Å². The number of nitriles is 2. The lowest BCUT2D eigenvalue weighted by molar-refractivity contribution is 1.01. The van der Waals surface area contributed by atoms with Crippen molar-refractivity contribution in [3.05, 3.63) is 126 Å². The fourth-order valence-electron chi connectivity index (χ4n) is 6.59. The zero-order valence-corrected chi connectivity index (χ0v) is 23.4. The Morgan fingerprint density at radius 1 is 0.488 bits per heavy atom. The van der Waals surface area contributed by atoms with Crippen LogP contribution < -0.4 is 0 Å². The van der Waals surface area contributed by atoms with Gasteiger partial charge in [0.15, 0.2) is 0 Å². The molecule has 0 unspecified atom stereocenters. The Morgan fingerprint density at radius 3 is 1.77 bits per heavy atom. The first-order valence-electron chi connectivity index (χ1n) is 13.9. The summed E-state index contributed by atoms with van der Waals surface area (Å²) >= 11 is 1.83. The van der Waals surface area contributed by atoms with Crippen LogP contribution in [0.3, 0.4) is 0 Å². The van der Waals surface area contributed by atoms with Gasteiger partial charge >= 0.3 is 0 Å². The third-order valence-electron chi connectivity index (χ3n) is 8.38. The Morgan fingerprint density at radius 2 is 1.07 bits per heavy atom. The third-order valence-corrected chi connectivity index (χ3v) is 9.51. The van der Waals surface area contributed by atoms with E-state index in [0.29, 0.717) is 11.1 Å². The molecule has 4 heterocycles. The quantitative estimate of drug-likeness (QED) is 0.210. The van der Waals surface area contributed by atoms with Gasteiger partial charge in [0.1, 0.15) is 11.6 Å². The van der Waals surface area contributed by atoms with Crippen LogP contribution in [0.4, 0.5) is 0 Å². The molecule has 5 nitrogen and oxygen atoms in total. The minimum atomic E-state index is 0.577. The van der Waals surface area contributed by atoms with E-state index in [0.717, 1.165) is 44.5 Å². The summed E-state index contributed by atoms with van der Waals surface area (Å²) in [5.74, 6) is 1.58. The summed E-state index contributed by atoms with van der Waals surface area (Å²) in [6, 6.07) is 43.6. The second-order valence-corrected chi connectivity index (χ2v) is 11.7. The first kappa shape index (κ1) is 23.7. The monoisotopic (exact) mass is 565 g/mol. The Hall–Kier alpha value is -5.95. The predicted octanol–water partition coefficient (Wildman–Crippen LogP) is 9.39. The maximum Gasteiger partial charge on any atom is 0.140 e. The zero-order valence-electron chi connectivity index (χ0n) is 22.6. The maximum absolute atomic E-state index is 9.60. The van der Waals surface area contributed by atoms with Gasteiger partial charge in [0.2, 0.25) is 0 Å². The van der Waals surface area contributed by atoms with Crippen LogP contribution in [-0.2, 0) is 0 Å². The van der Waals surface area contributed by atoms with Crippen molar-refractivity contribution >= 4 is 75.1 Å². The van der Waals surface area contributed by atoms with Gasteiger partial charge < -0.3 is 0 Å². The van der Waals surface area contributed by atoms with Crippen molar-refractivity contribution in [1.29, 1.82) is 10.5 Å². The van der Waals surface area contributed by atoms with Gasteiger partial charge in [0.25, 0.3) is 0 Å². The number of para-hydroxylation sites is 1. The van der Waals surface area contributed by atoms with E-state index in [9.17, 15) is 10.5 Å². The predicted molar refractivity (Wildman–Crippen MR) is 175 cm³/mol. The molecule has 0 aliphatic carbocycles. The lowest BCUT2D eigenvalue weighted by atomic mass is 10.1. The van der Waals surface area contributed by atoms with Crippen LogP contribution in [0.15, 0.2) is 115 Å². The molecule has 0 aliphatic rings. The summed E-state index contributed by atoms with van der Waals surface area (Å²) < 4.78 is 6.94. The number of rotatable bonds is 2. The SMILES string of the molecule is N#Cc1ccc2c(c1)c1cc(C#N)ccc1n2-c1cccc(-n2c3ccccc3c3c4c(ccc32)sc2ccccc24)n1. The number of nitrogens with zero attached hydrogens (tertiary/aromatic N) is 5. The minimum Gasteiger partial charge on any atom is -0.294 e. The summed E-state index contributed by atoms with van der Waals surface area (Å²) in [4.78, 5) is 5.27. The largest absolute Gasteiger partial charge is 0.294 e. The van der Waals surface area contributed by atoms with E-state index in [4.69, 9.17) is 4.98 Å². The molecular formula is C37H19N5S. The van der Waals surface area contributed by atoms with E-state index in [1.165, 1.54) is 30.9 Å². The molecule has 0 fully saturated rings. The van der Waals surface area contributed by atoms with Gasteiger partial charge in [0.05, 0.1) is 45.3 Å². The van der Waals surface area contributed by atoms with Gasteiger partial charge in [-0.15, -0.1) is 11.3 Å². The number of fused-ring (bicyclic) bond motifs is 10. The number of benzene rings is 5. The first-order valence-corrected chi connectivity index (χ1v) is 14.7. The van der Waals surface area contributed by atoms with Crippen molar-refractivity contribution < 1.29 is 0 Å². The number of hydrogen-bond donors (Lipinski definition) is 0. The van der Waals surface area contributed by atoms with Crippen molar-refractivity contribution in [2.24, 2.45) is 0 Å². The molecule has 0 amide bonds. The minimum absolute atomic E-state index is 0.577. The molecular weight excluding hydrogens is 547 g/mol. The van der Waals surface area contributed by atoms with Gasteiger partial charge in [-0.1, -0.05) is 42.5 Å². The van der Waals surface area contributed by atoms with Crippen molar-refractivity contribution in [3.63, 3.8) is 0 Å². The van der Waals surface area contributed by atoms with E-state index in [1.807, 2.05) is 59.9 Å². The normalized spacial score (nSPS) is 11.7. The fourth-order valence-corrected chi connectivity index (χ4v) is 7.71. The standard InChI is InChI=1S/C37H19N5S/c38-20-22-12-14-29-26(18-22)27-19-23(21-39)13-15-30(27)41(29)34-10-5-11-35(40-34)42-28-8-3-1-6-24(28)36-31(42)16-17-33-37(36)25-7-2-4-9-32(25)43-33/h1-19H. The molecule has 0 aliphatic heterocycles. The van der Waals surface area contributed by atoms with Crippen molar-refractivity contribution in [1.82, 2.24) is 14.1 Å². The van der Waals surface area contributed by atoms with E-state index >= 15 is 0 Å². The molecule has 198 valence electrons. The number of hydrogen-bond acceptors (Lipinski definition) is 4. The van der Waals surface area contributed by atoms with Gasteiger partial charge in [-0.25, -0.2) is 4.98 Å². The molecule has 43 heavy (non-hydrogen) atoms. The Kier molecular flexibility index (Phi) is 4.84. The zero-order chi connectivity index (χ0) is 28.7. The van der Waals surface area contributed by atoms with Gasteiger partial charge in [-0.3, -0.25) is 9.13 Å². The van der Waals surface area contributed by atoms with Crippen LogP contribution in [-0.4, -0.2) is 14.1 Å². The highest BCUT2D eigenvalue weighted by molar-refractivity contribution is 7.26. The van der Waals surface area contributed by atoms with Crippen LogP contribution in [0.2, 0.25) is 0 Å². The van der Waals surface area contributed by atoms with Crippen molar-refractivity contribution in [3.8, 4) is 23.8 Å².